The molecule has 100 valence electrons. The van der Waals surface area contributed by atoms with Crippen molar-refractivity contribution in [2.24, 2.45) is 0 Å². The van der Waals surface area contributed by atoms with Crippen LogP contribution in [0.2, 0.25) is 0 Å². The van der Waals surface area contributed by atoms with E-state index < -0.39 is 9.84 Å². The third-order valence-corrected chi connectivity index (χ3v) is 4.84. The van der Waals surface area contributed by atoms with Crippen molar-refractivity contribution in [1.29, 1.82) is 0 Å². The molecule has 19 heavy (non-hydrogen) atoms. The molecule has 0 radical (unpaired) electrons. The van der Waals surface area contributed by atoms with Gasteiger partial charge in [-0.3, -0.25) is 0 Å². The maximum atomic E-state index is 12.2. The van der Waals surface area contributed by atoms with E-state index in [1.165, 1.54) is 5.56 Å². The summed E-state index contributed by atoms with van der Waals surface area (Å²) in [6.07, 6.45) is 0.552. The highest BCUT2D eigenvalue weighted by atomic mass is 32.2. The molecule has 2 aromatic rings. The second kappa shape index (κ2) is 5.57. The van der Waals surface area contributed by atoms with Crippen LogP contribution in [0.15, 0.2) is 53.4 Å². The van der Waals surface area contributed by atoms with Crippen LogP contribution in [-0.2, 0) is 16.3 Å². The van der Waals surface area contributed by atoms with Gasteiger partial charge in [-0.25, -0.2) is 8.42 Å². The largest absolute Gasteiger partial charge is 0.224 e. The van der Waals surface area contributed by atoms with Crippen molar-refractivity contribution in [3.8, 4) is 0 Å². The molecule has 0 spiro atoms. The van der Waals surface area contributed by atoms with Gasteiger partial charge in [-0.15, -0.1) is 0 Å². The van der Waals surface area contributed by atoms with Crippen LogP contribution in [0.1, 0.15) is 16.7 Å². The van der Waals surface area contributed by atoms with Crippen molar-refractivity contribution in [3.63, 3.8) is 0 Å². The second-order valence-electron chi connectivity index (χ2n) is 4.87. The molecule has 0 aliphatic heterocycles. The maximum Gasteiger partial charge on any atom is 0.178 e. The van der Waals surface area contributed by atoms with Crippen LogP contribution >= 0.6 is 0 Å². The van der Waals surface area contributed by atoms with Gasteiger partial charge in [0.25, 0.3) is 0 Å². The molecule has 0 N–H and O–H groups in total. The third-order valence-electron chi connectivity index (χ3n) is 3.13. The first-order valence-corrected chi connectivity index (χ1v) is 7.97. The van der Waals surface area contributed by atoms with Gasteiger partial charge in [-0.1, -0.05) is 42.0 Å². The van der Waals surface area contributed by atoms with Gasteiger partial charge in [0, 0.05) is 0 Å². The molecule has 0 atom stereocenters. The summed E-state index contributed by atoms with van der Waals surface area (Å²) in [6.45, 7) is 3.92. The topological polar surface area (TPSA) is 34.1 Å². The molecule has 0 bridgehead atoms. The molecule has 0 fully saturated rings. The average molecular weight is 274 g/mol. The summed E-state index contributed by atoms with van der Waals surface area (Å²) >= 11 is 0. The van der Waals surface area contributed by atoms with E-state index >= 15 is 0 Å². The smallest absolute Gasteiger partial charge is 0.178 e. The first-order valence-electron chi connectivity index (χ1n) is 6.32. The highest BCUT2D eigenvalue weighted by Crippen LogP contribution is 2.14. The quantitative estimate of drug-likeness (QED) is 0.857. The fourth-order valence-electron chi connectivity index (χ4n) is 1.93. The molecular weight excluding hydrogens is 256 g/mol. The van der Waals surface area contributed by atoms with Gasteiger partial charge in [0.1, 0.15) is 0 Å². The molecule has 0 aliphatic carbocycles. The zero-order valence-corrected chi connectivity index (χ0v) is 12.1. The summed E-state index contributed by atoms with van der Waals surface area (Å²) in [6, 6.07) is 15.1. The van der Waals surface area contributed by atoms with Crippen LogP contribution in [0.3, 0.4) is 0 Å². The van der Waals surface area contributed by atoms with Gasteiger partial charge in [-0.2, -0.15) is 0 Å². The summed E-state index contributed by atoms with van der Waals surface area (Å²) < 4.78 is 24.4. The monoisotopic (exact) mass is 274 g/mol. The molecule has 2 nitrogen and oxygen atoms in total. The molecule has 0 heterocycles. The highest BCUT2D eigenvalue weighted by molar-refractivity contribution is 7.91. The molecule has 0 saturated heterocycles. The molecule has 0 aromatic heterocycles. The zero-order chi connectivity index (χ0) is 13.9. The van der Waals surface area contributed by atoms with Gasteiger partial charge >= 0.3 is 0 Å². The molecule has 3 heteroatoms. The van der Waals surface area contributed by atoms with Crippen molar-refractivity contribution in [2.75, 3.05) is 5.75 Å². The molecule has 2 aromatic carbocycles. The van der Waals surface area contributed by atoms with Crippen LogP contribution < -0.4 is 0 Å². The first kappa shape index (κ1) is 13.8. The van der Waals surface area contributed by atoms with E-state index in [2.05, 4.69) is 0 Å². The van der Waals surface area contributed by atoms with Crippen molar-refractivity contribution < 1.29 is 8.42 Å². The summed E-state index contributed by atoms with van der Waals surface area (Å²) in [5.41, 5.74) is 3.21. The van der Waals surface area contributed by atoms with Crippen molar-refractivity contribution in [1.82, 2.24) is 0 Å². The lowest BCUT2D eigenvalue weighted by Gasteiger charge is -2.06. The van der Waals surface area contributed by atoms with Gasteiger partial charge in [0.05, 0.1) is 10.6 Å². The van der Waals surface area contributed by atoms with E-state index in [1.807, 2.05) is 44.2 Å². The van der Waals surface area contributed by atoms with Crippen molar-refractivity contribution in [2.45, 2.75) is 25.2 Å². The lowest BCUT2D eigenvalue weighted by atomic mass is 10.1. The minimum Gasteiger partial charge on any atom is -0.224 e. The van der Waals surface area contributed by atoms with Crippen LogP contribution in [0.4, 0.5) is 0 Å². The summed E-state index contributed by atoms with van der Waals surface area (Å²) in [5.74, 6) is 0.152. The van der Waals surface area contributed by atoms with Gasteiger partial charge < -0.3 is 0 Å². The van der Waals surface area contributed by atoms with E-state index in [-0.39, 0.29) is 5.75 Å². The van der Waals surface area contributed by atoms with Gasteiger partial charge in [0.2, 0.25) is 0 Å². The number of hydrogen-bond acceptors (Lipinski definition) is 2. The Labute approximate surface area is 115 Å². The normalized spacial score (nSPS) is 11.5. The highest BCUT2D eigenvalue weighted by Gasteiger charge is 2.14. The molecule has 0 saturated carbocycles. The van der Waals surface area contributed by atoms with E-state index in [9.17, 15) is 8.42 Å². The van der Waals surface area contributed by atoms with Crippen LogP contribution in [-0.4, -0.2) is 14.2 Å². The Morgan fingerprint density at radius 2 is 1.58 bits per heavy atom. The van der Waals surface area contributed by atoms with E-state index in [0.717, 1.165) is 11.1 Å². The number of aryl methyl sites for hydroxylation is 3. The molecule has 0 unspecified atom stereocenters. The number of rotatable bonds is 4. The molecular formula is C16H18O2S. The van der Waals surface area contributed by atoms with Crippen molar-refractivity contribution in [3.05, 3.63) is 65.2 Å². The predicted molar refractivity (Wildman–Crippen MR) is 78.1 cm³/mol. The summed E-state index contributed by atoms with van der Waals surface area (Å²) in [7, 11) is -3.19. The zero-order valence-electron chi connectivity index (χ0n) is 11.3. The van der Waals surface area contributed by atoms with Crippen LogP contribution in [0.25, 0.3) is 0 Å². The third kappa shape index (κ3) is 3.67. The number of benzene rings is 2. The minimum absolute atomic E-state index is 0.152. The Kier molecular flexibility index (Phi) is 4.05. The van der Waals surface area contributed by atoms with E-state index in [0.29, 0.717) is 11.3 Å². The Morgan fingerprint density at radius 1 is 0.895 bits per heavy atom. The summed E-state index contributed by atoms with van der Waals surface area (Å²) in [4.78, 5) is 0.416. The lowest BCUT2D eigenvalue weighted by molar-refractivity contribution is 0.595. The van der Waals surface area contributed by atoms with Gasteiger partial charge in [0.15, 0.2) is 9.84 Å². The van der Waals surface area contributed by atoms with Gasteiger partial charge in [-0.05, 0) is 43.5 Å². The van der Waals surface area contributed by atoms with E-state index in [1.54, 1.807) is 18.2 Å². The SMILES string of the molecule is Cc1ccc(CCS(=O)(=O)c2cccc(C)c2)cc1. The van der Waals surface area contributed by atoms with E-state index in [4.69, 9.17) is 0 Å². The molecule has 0 amide bonds. The fourth-order valence-corrected chi connectivity index (χ4v) is 3.33. The predicted octanol–water partition coefficient (Wildman–Crippen LogP) is 3.32. The Bertz CT molecular complexity index is 655. The number of sulfone groups is 1. The molecule has 0 aliphatic rings. The first-order chi connectivity index (χ1) is 8.97. The number of hydrogen-bond donors (Lipinski definition) is 0. The fraction of sp³-hybridized carbons (Fsp3) is 0.250. The maximum absolute atomic E-state index is 12.2. The average Bonchev–Trinajstić information content (AvgIpc) is 2.38. The minimum atomic E-state index is -3.19. The van der Waals surface area contributed by atoms with Crippen LogP contribution in [0.5, 0.6) is 0 Å². The molecule has 2 rings (SSSR count). The summed E-state index contributed by atoms with van der Waals surface area (Å²) in [5, 5.41) is 0. The standard InChI is InChI=1S/C16H18O2S/c1-13-6-8-15(9-7-13)10-11-19(17,18)16-5-3-4-14(2)12-16/h3-9,12H,10-11H2,1-2H3. The lowest BCUT2D eigenvalue weighted by Crippen LogP contribution is -2.09. The Balaban J connectivity index is 2.12. The van der Waals surface area contributed by atoms with Crippen molar-refractivity contribution >= 4 is 9.84 Å². The Morgan fingerprint density at radius 3 is 2.21 bits per heavy atom. The van der Waals surface area contributed by atoms with Crippen LogP contribution in [0, 0.1) is 13.8 Å². The Hall–Kier alpha value is -1.61. The second-order valence-corrected chi connectivity index (χ2v) is 6.98.